The Morgan fingerprint density at radius 2 is 1.86 bits per heavy atom. The summed E-state index contributed by atoms with van der Waals surface area (Å²) in [4.78, 5) is 20.7. The Morgan fingerprint density at radius 1 is 1.19 bits per heavy atom. The number of anilines is 1. The van der Waals surface area contributed by atoms with Gasteiger partial charge in [-0.25, -0.2) is 4.98 Å². The summed E-state index contributed by atoms with van der Waals surface area (Å²) in [6.07, 6.45) is 5.01. The van der Waals surface area contributed by atoms with Gasteiger partial charge in [-0.05, 0) is 32.1 Å². The molecule has 0 radical (unpaired) electrons. The lowest BCUT2D eigenvalue weighted by molar-refractivity contribution is 0.0886. The molecule has 0 fully saturated rings. The quantitative estimate of drug-likeness (QED) is 0.844. The highest BCUT2D eigenvalue weighted by Crippen LogP contribution is 2.26. The molecule has 5 heteroatoms. The summed E-state index contributed by atoms with van der Waals surface area (Å²) in [6.45, 7) is 13.4. The lowest BCUT2D eigenvalue weighted by Crippen LogP contribution is -2.46. The summed E-state index contributed by atoms with van der Waals surface area (Å²) in [5.74, 6) is 0.454. The fourth-order valence-corrected chi connectivity index (χ4v) is 2.56. The monoisotopic (exact) mass is 292 g/mol. The number of nitrogens with zero attached hydrogens (tertiary/aromatic N) is 2. The van der Waals surface area contributed by atoms with Crippen LogP contribution in [0.4, 0.5) is 5.82 Å². The fraction of sp³-hybridized carbons (Fsp3) is 0.688. The summed E-state index contributed by atoms with van der Waals surface area (Å²) in [7, 11) is 0. The van der Waals surface area contributed by atoms with Crippen LogP contribution in [-0.2, 0) is 0 Å². The largest absolute Gasteiger partial charge is 0.369 e. The average molecular weight is 292 g/mol. The van der Waals surface area contributed by atoms with Crippen molar-refractivity contribution in [1.82, 2.24) is 15.3 Å². The SMILES string of the molecule is CCCNc1cncc(C(=O)NC(C)(C)CC(C)(C)C)n1. The minimum Gasteiger partial charge on any atom is -0.369 e. The fourth-order valence-electron chi connectivity index (χ4n) is 2.56. The van der Waals surface area contributed by atoms with E-state index >= 15 is 0 Å². The number of nitrogens with one attached hydrogen (secondary N) is 2. The highest BCUT2D eigenvalue weighted by molar-refractivity contribution is 5.92. The normalized spacial score (nSPS) is 12.1. The van der Waals surface area contributed by atoms with E-state index in [9.17, 15) is 4.79 Å². The van der Waals surface area contributed by atoms with Crippen molar-refractivity contribution in [3.8, 4) is 0 Å². The second kappa shape index (κ2) is 6.87. The molecule has 5 nitrogen and oxygen atoms in total. The van der Waals surface area contributed by atoms with E-state index in [0.29, 0.717) is 11.5 Å². The smallest absolute Gasteiger partial charge is 0.271 e. The molecule has 1 heterocycles. The van der Waals surface area contributed by atoms with Crippen molar-refractivity contribution in [1.29, 1.82) is 0 Å². The molecule has 1 aromatic rings. The van der Waals surface area contributed by atoms with E-state index in [2.05, 4.69) is 48.3 Å². The van der Waals surface area contributed by atoms with Crippen molar-refractivity contribution < 1.29 is 4.79 Å². The first kappa shape index (κ1) is 17.4. The van der Waals surface area contributed by atoms with Gasteiger partial charge in [-0.1, -0.05) is 27.7 Å². The van der Waals surface area contributed by atoms with Crippen molar-refractivity contribution >= 4 is 11.7 Å². The molecule has 0 atom stereocenters. The highest BCUT2D eigenvalue weighted by Gasteiger charge is 2.27. The van der Waals surface area contributed by atoms with Crippen molar-refractivity contribution in [2.45, 2.75) is 59.9 Å². The van der Waals surface area contributed by atoms with Gasteiger partial charge in [0.05, 0.1) is 12.4 Å². The average Bonchev–Trinajstić information content (AvgIpc) is 2.33. The van der Waals surface area contributed by atoms with Crippen molar-refractivity contribution in [3.05, 3.63) is 18.1 Å². The van der Waals surface area contributed by atoms with Gasteiger partial charge in [-0.3, -0.25) is 9.78 Å². The van der Waals surface area contributed by atoms with E-state index < -0.39 is 0 Å². The molecular weight excluding hydrogens is 264 g/mol. The van der Waals surface area contributed by atoms with Gasteiger partial charge in [0.2, 0.25) is 0 Å². The Kier molecular flexibility index (Phi) is 5.70. The zero-order valence-corrected chi connectivity index (χ0v) is 14.1. The minimum absolute atomic E-state index is 0.146. The van der Waals surface area contributed by atoms with Gasteiger partial charge in [0.1, 0.15) is 11.5 Å². The minimum atomic E-state index is -0.288. The topological polar surface area (TPSA) is 66.9 Å². The predicted molar refractivity (Wildman–Crippen MR) is 86.4 cm³/mol. The molecule has 0 bridgehead atoms. The third-order valence-electron chi connectivity index (χ3n) is 2.85. The van der Waals surface area contributed by atoms with Crippen LogP contribution in [0.15, 0.2) is 12.4 Å². The summed E-state index contributed by atoms with van der Waals surface area (Å²) in [5, 5.41) is 6.18. The molecule has 2 N–H and O–H groups in total. The van der Waals surface area contributed by atoms with Crippen molar-refractivity contribution in [2.75, 3.05) is 11.9 Å². The maximum atomic E-state index is 12.3. The predicted octanol–water partition coefficient (Wildman–Crippen LogP) is 3.24. The Balaban J connectivity index is 2.75. The Labute approximate surface area is 128 Å². The van der Waals surface area contributed by atoms with Crippen LogP contribution < -0.4 is 10.6 Å². The maximum Gasteiger partial charge on any atom is 0.271 e. The van der Waals surface area contributed by atoms with Crippen molar-refractivity contribution in [3.63, 3.8) is 0 Å². The van der Waals surface area contributed by atoms with Crippen LogP contribution in [0.2, 0.25) is 0 Å². The molecule has 21 heavy (non-hydrogen) atoms. The van der Waals surface area contributed by atoms with E-state index in [-0.39, 0.29) is 16.9 Å². The van der Waals surface area contributed by atoms with Gasteiger partial charge in [-0.2, -0.15) is 0 Å². The molecule has 1 aromatic heterocycles. The molecule has 1 amide bonds. The van der Waals surface area contributed by atoms with Gasteiger partial charge >= 0.3 is 0 Å². The molecule has 0 aromatic carbocycles. The van der Waals surface area contributed by atoms with Gasteiger partial charge < -0.3 is 10.6 Å². The number of rotatable bonds is 6. The number of carbonyl (C=O) groups excluding carboxylic acids is 1. The molecule has 0 aliphatic rings. The van der Waals surface area contributed by atoms with Crippen LogP contribution in [0.3, 0.4) is 0 Å². The molecule has 0 saturated heterocycles. The van der Waals surface area contributed by atoms with Gasteiger partial charge in [0.15, 0.2) is 0 Å². The summed E-state index contributed by atoms with van der Waals surface area (Å²) in [6, 6.07) is 0. The second-order valence-electron chi connectivity index (χ2n) is 7.29. The number of hydrogen-bond donors (Lipinski definition) is 2. The van der Waals surface area contributed by atoms with Crippen LogP contribution >= 0.6 is 0 Å². The molecule has 0 saturated carbocycles. The lowest BCUT2D eigenvalue weighted by atomic mass is 9.82. The van der Waals surface area contributed by atoms with Gasteiger partial charge in [-0.15, -0.1) is 0 Å². The van der Waals surface area contributed by atoms with Crippen LogP contribution in [-0.4, -0.2) is 28.0 Å². The molecule has 0 aliphatic heterocycles. The third-order valence-corrected chi connectivity index (χ3v) is 2.85. The second-order valence-corrected chi connectivity index (χ2v) is 7.29. The van der Waals surface area contributed by atoms with E-state index in [4.69, 9.17) is 0 Å². The van der Waals surface area contributed by atoms with Gasteiger partial charge in [0, 0.05) is 12.1 Å². The molecule has 0 aliphatic carbocycles. The Morgan fingerprint density at radius 3 is 2.43 bits per heavy atom. The lowest BCUT2D eigenvalue weighted by Gasteiger charge is -2.33. The number of carbonyl (C=O) groups is 1. The molecular formula is C16H28N4O. The maximum absolute atomic E-state index is 12.3. The zero-order chi connectivity index (χ0) is 16.1. The van der Waals surface area contributed by atoms with Crippen LogP contribution in [0.5, 0.6) is 0 Å². The number of aromatic nitrogens is 2. The first-order valence-corrected chi connectivity index (χ1v) is 7.51. The standard InChI is InChI=1S/C16H28N4O/c1-7-8-18-13-10-17-9-12(19-13)14(21)20-16(5,6)11-15(2,3)4/h9-10H,7-8,11H2,1-6H3,(H,18,19)(H,20,21). The summed E-state index contributed by atoms with van der Waals surface area (Å²) >= 11 is 0. The molecule has 0 spiro atoms. The zero-order valence-electron chi connectivity index (χ0n) is 14.1. The summed E-state index contributed by atoms with van der Waals surface area (Å²) < 4.78 is 0. The van der Waals surface area contributed by atoms with E-state index in [1.54, 1.807) is 6.20 Å². The van der Waals surface area contributed by atoms with Crippen LogP contribution in [0, 0.1) is 5.41 Å². The number of amides is 1. The van der Waals surface area contributed by atoms with E-state index in [1.165, 1.54) is 6.20 Å². The summed E-state index contributed by atoms with van der Waals surface area (Å²) in [5.41, 5.74) is 0.203. The van der Waals surface area contributed by atoms with Crippen molar-refractivity contribution in [2.24, 2.45) is 5.41 Å². The van der Waals surface area contributed by atoms with E-state index in [1.807, 2.05) is 13.8 Å². The van der Waals surface area contributed by atoms with Crippen LogP contribution in [0.25, 0.3) is 0 Å². The Bertz CT molecular complexity index is 477. The number of hydrogen-bond acceptors (Lipinski definition) is 4. The third kappa shape index (κ3) is 6.56. The van der Waals surface area contributed by atoms with E-state index in [0.717, 1.165) is 19.4 Å². The Hall–Kier alpha value is -1.65. The molecule has 118 valence electrons. The molecule has 0 unspecified atom stereocenters. The highest BCUT2D eigenvalue weighted by atomic mass is 16.2. The van der Waals surface area contributed by atoms with Crippen LogP contribution in [0.1, 0.15) is 64.9 Å². The van der Waals surface area contributed by atoms with Gasteiger partial charge in [0.25, 0.3) is 5.91 Å². The molecule has 1 rings (SSSR count). The first-order chi connectivity index (χ1) is 9.63. The first-order valence-electron chi connectivity index (χ1n) is 7.51.